The van der Waals surface area contributed by atoms with Gasteiger partial charge in [0, 0.05) is 5.57 Å². The Morgan fingerprint density at radius 1 is 0.792 bits per heavy atom. The van der Waals surface area contributed by atoms with E-state index in [9.17, 15) is 4.79 Å². The largest absolute Gasteiger partial charge is 0.478 e. The predicted octanol–water partition coefficient (Wildman–Crippen LogP) is 7.77. The first-order valence-electron chi connectivity index (χ1n) is 10.3. The number of rotatable bonds is 15. The lowest BCUT2D eigenvalue weighted by molar-refractivity contribution is -0.132. The second-order valence-corrected chi connectivity index (χ2v) is 7.51. The van der Waals surface area contributed by atoms with E-state index in [-0.39, 0.29) is 5.57 Å². The van der Waals surface area contributed by atoms with Crippen LogP contribution in [0, 0.1) is 5.92 Å². The van der Waals surface area contributed by atoms with Crippen molar-refractivity contribution in [3.05, 3.63) is 12.2 Å². The van der Waals surface area contributed by atoms with Gasteiger partial charge in [0.05, 0.1) is 0 Å². The normalized spacial score (nSPS) is 10.4. The lowest BCUT2D eigenvalue weighted by Gasteiger charge is -2.04. The van der Waals surface area contributed by atoms with Gasteiger partial charge < -0.3 is 5.11 Å². The van der Waals surface area contributed by atoms with E-state index in [4.69, 9.17) is 5.11 Å². The highest BCUT2D eigenvalue weighted by atomic mass is 16.4. The number of hydrogen-bond donors (Lipinski definition) is 1. The first-order chi connectivity index (χ1) is 11.4. The Hall–Kier alpha value is -0.790. The fraction of sp³-hybridized carbons (Fsp3) is 0.864. The standard InChI is InChI=1S/C18H38.C4H6O2/c1-4-5-6-7-8-9-10-11-12-13-14-15-16-17-18(2)3;1-3(2)4(5)6/h18H,4-17H2,1-3H3;1H2,2H3,(H,5,6). The molecule has 0 aromatic carbocycles. The van der Waals surface area contributed by atoms with E-state index in [1.54, 1.807) is 0 Å². The van der Waals surface area contributed by atoms with Gasteiger partial charge in [-0.2, -0.15) is 0 Å². The molecule has 0 unspecified atom stereocenters. The molecule has 0 aromatic rings. The second kappa shape index (κ2) is 20.3. The molecule has 0 spiro atoms. The maximum Gasteiger partial charge on any atom is 0.330 e. The van der Waals surface area contributed by atoms with Gasteiger partial charge in [0.15, 0.2) is 0 Å². The summed E-state index contributed by atoms with van der Waals surface area (Å²) < 4.78 is 0. The Kier molecular flexibility index (Phi) is 21.5. The van der Waals surface area contributed by atoms with Gasteiger partial charge in [0.1, 0.15) is 0 Å². The number of carboxylic acids is 1. The molecule has 0 bridgehead atoms. The van der Waals surface area contributed by atoms with Crippen molar-refractivity contribution in [3.8, 4) is 0 Å². The fourth-order valence-electron chi connectivity index (χ4n) is 2.57. The van der Waals surface area contributed by atoms with E-state index in [1.807, 2.05) is 0 Å². The zero-order chi connectivity index (χ0) is 18.6. The molecule has 0 radical (unpaired) electrons. The van der Waals surface area contributed by atoms with Gasteiger partial charge in [0.2, 0.25) is 0 Å². The molecule has 0 fully saturated rings. The van der Waals surface area contributed by atoms with Crippen LogP contribution in [0.25, 0.3) is 0 Å². The number of unbranched alkanes of at least 4 members (excludes halogenated alkanes) is 12. The molecule has 0 heterocycles. The Morgan fingerprint density at radius 2 is 1.08 bits per heavy atom. The van der Waals surface area contributed by atoms with Crippen LogP contribution >= 0.6 is 0 Å². The van der Waals surface area contributed by atoms with Crippen molar-refractivity contribution >= 4 is 5.97 Å². The van der Waals surface area contributed by atoms with Crippen LogP contribution in [-0.4, -0.2) is 11.1 Å². The smallest absolute Gasteiger partial charge is 0.330 e. The van der Waals surface area contributed by atoms with E-state index in [0.29, 0.717) is 0 Å². The zero-order valence-electron chi connectivity index (χ0n) is 17.0. The Morgan fingerprint density at radius 3 is 1.33 bits per heavy atom. The minimum absolute atomic E-state index is 0.176. The van der Waals surface area contributed by atoms with Gasteiger partial charge in [-0.25, -0.2) is 4.79 Å². The van der Waals surface area contributed by atoms with Gasteiger partial charge in [-0.05, 0) is 12.8 Å². The molecule has 0 aliphatic carbocycles. The maximum atomic E-state index is 9.60. The molecule has 2 nitrogen and oxygen atoms in total. The van der Waals surface area contributed by atoms with Crippen LogP contribution in [0.2, 0.25) is 0 Å². The number of aliphatic carboxylic acids is 1. The molecule has 0 aromatic heterocycles. The van der Waals surface area contributed by atoms with Crippen molar-refractivity contribution in [2.45, 2.75) is 118 Å². The highest BCUT2D eigenvalue weighted by molar-refractivity contribution is 5.84. The summed E-state index contributed by atoms with van der Waals surface area (Å²) in [6.07, 6.45) is 20.5. The summed E-state index contributed by atoms with van der Waals surface area (Å²) in [6, 6.07) is 0. The van der Waals surface area contributed by atoms with Crippen LogP contribution in [0.3, 0.4) is 0 Å². The second-order valence-electron chi connectivity index (χ2n) is 7.51. The zero-order valence-corrected chi connectivity index (χ0v) is 17.0. The van der Waals surface area contributed by atoms with Gasteiger partial charge in [-0.1, -0.05) is 117 Å². The van der Waals surface area contributed by atoms with Crippen molar-refractivity contribution in [1.82, 2.24) is 0 Å². The van der Waals surface area contributed by atoms with Gasteiger partial charge >= 0.3 is 5.97 Å². The number of hydrogen-bond acceptors (Lipinski definition) is 1. The highest BCUT2D eigenvalue weighted by Gasteiger charge is 1.95. The minimum atomic E-state index is -0.935. The Labute approximate surface area is 152 Å². The highest BCUT2D eigenvalue weighted by Crippen LogP contribution is 2.14. The summed E-state index contributed by atoms with van der Waals surface area (Å²) in [4.78, 5) is 9.60. The average Bonchev–Trinajstić information content (AvgIpc) is 2.52. The molecule has 24 heavy (non-hydrogen) atoms. The molecule has 0 aliphatic heterocycles. The summed E-state index contributed by atoms with van der Waals surface area (Å²) in [6.45, 7) is 11.6. The summed E-state index contributed by atoms with van der Waals surface area (Å²) >= 11 is 0. The maximum absolute atomic E-state index is 9.60. The van der Waals surface area contributed by atoms with Crippen LogP contribution in [0.1, 0.15) is 118 Å². The molecule has 0 saturated carbocycles. The Balaban J connectivity index is 0. The summed E-state index contributed by atoms with van der Waals surface area (Å²) in [5.74, 6) is -0.0345. The third kappa shape index (κ3) is 26.1. The summed E-state index contributed by atoms with van der Waals surface area (Å²) in [7, 11) is 0. The molecule has 0 rings (SSSR count). The van der Waals surface area contributed by atoms with Crippen LogP contribution in [0.15, 0.2) is 12.2 Å². The molecule has 2 heteroatoms. The summed E-state index contributed by atoms with van der Waals surface area (Å²) in [5.41, 5.74) is 0.176. The Bertz CT molecular complexity index is 270. The van der Waals surface area contributed by atoms with E-state index in [2.05, 4.69) is 27.4 Å². The van der Waals surface area contributed by atoms with Crippen molar-refractivity contribution in [2.24, 2.45) is 5.92 Å². The van der Waals surface area contributed by atoms with Gasteiger partial charge in [-0.3, -0.25) is 0 Å². The third-order valence-electron chi connectivity index (χ3n) is 4.25. The molecule has 144 valence electrons. The van der Waals surface area contributed by atoms with Crippen LogP contribution in [0.5, 0.6) is 0 Å². The van der Waals surface area contributed by atoms with Crippen molar-refractivity contribution in [2.75, 3.05) is 0 Å². The quantitative estimate of drug-likeness (QED) is 0.244. The molecule has 0 amide bonds. The topological polar surface area (TPSA) is 37.3 Å². The van der Waals surface area contributed by atoms with Crippen LogP contribution in [0.4, 0.5) is 0 Å². The number of carboxylic acid groups (broad SMARTS) is 1. The van der Waals surface area contributed by atoms with Crippen molar-refractivity contribution in [1.29, 1.82) is 0 Å². The molecular weight excluding hydrogens is 296 g/mol. The fourth-order valence-corrected chi connectivity index (χ4v) is 2.57. The SMILES string of the molecule is C=C(C)C(=O)O.CCCCCCCCCCCCCCCC(C)C. The third-order valence-corrected chi connectivity index (χ3v) is 4.25. The van der Waals surface area contributed by atoms with Crippen LogP contribution in [-0.2, 0) is 4.79 Å². The molecule has 0 saturated heterocycles. The number of carbonyl (C=O) groups is 1. The molecule has 0 aliphatic rings. The van der Waals surface area contributed by atoms with Crippen molar-refractivity contribution < 1.29 is 9.90 Å². The molecule has 0 atom stereocenters. The lowest BCUT2D eigenvalue weighted by Crippen LogP contribution is -1.92. The van der Waals surface area contributed by atoms with E-state index in [0.717, 1.165) is 5.92 Å². The molecule has 1 N–H and O–H groups in total. The van der Waals surface area contributed by atoms with E-state index >= 15 is 0 Å². The average molecular weight is 341 g/mol. The van der Waals surface area contributed by atoms with E-state index < -0.39 is 5.97 Å². The first kappa shape index (κ1) is 25.5. The predicted molar refractivity (Wildman–Crippen MR) is 108 cm³/mol. The minimum Gasteiger partial charge on any atom is -0.478 e. The first-order valence-corrected chi connectivity index (χ1v) is 10.3. The van der Waals surface area contributed by atoms with E-state index in [1.165, 1.54) is 96.8 Å². The van der Waals surface area contributed by atoms with Crippen LogP contribution < -0.4 is 0 Å². The lowest BCUT2D eigenvalue weighted by atomic mass is 10.0. The van der Waals surface area contributed by atoms with Gasteiger partial charge in [0.25, 0.3) is 0 Å². The van der Waals surface area contributed by atoms with Gasteiger partial charge in [-0.15, -0.1) is 0 Å². The van der Waals surface area contributed by atoms with Crippen molar-refractivity contribution in [3.63, 3.8) is 0 Å². The molecular formula is C22H44O2. The monoisotopic (exact) mass is 340 g/mol. The summed E-state index contributed by atoms with van der Waals surface area (Å²) in [5, 5.41) is 7.89.